The summed E-state index contributed by atoms with van der Waals surface area (Å²) in [6.45, 7) is 2.17. The van der Waals surface area contributed by atoms with Crippen molar-refractivity contribution in [2.24, 2.45) is 0 Å². The van der Waals surface area contributed by atoms with E-state index in [1.54, 1.807) is 18.2 Å². The van der Waals surface area contributed by atoms with E-state index < -0.39 is 5.97 Å². The van der Waals surface area contributed by atoms with Crippen LogP contribution in [-0.2, 0) is 4.79 Å². The molecule has 0 amide bonds. The van der Waals surface area contributed by atoms with Crippen LogP contribution in [0.25, 0.3) is 33.3 Å². The first-order valence-corrected chi connectivity index (χ1v) is 10.7. The minimum atomic E-state index is -1.04. The molecule has 7 heteroatoms. The number of hydrogen-bond acceptors (Lipinski definition) is 5. The molecule has 4 aromatic rings. The molecule has 1 aromatic heterocycles. The van der Waals surface area contributed by atoms with Crippen molar-refractivity contribution >= 4 is 34.2 Å². The van der Waals surface area contributed by atoms with Crippen LogP contribution >= 0.6 is 11.6 Å². The van der Waals surface area contributed by atoms with Gasteiger partial charge < -0.3 is 15.2 Å². The van der Waals surface area contributed by atoms with Crippen LogP contribution in [0.2, 0.25) is 5.02 Å². The number of ether oxygens (including phenoxy) is 1. The smallest absolute Gasteiger partial charge is 0.322 e. The maximum atomic E-state index is 11.2. The van der Waals surface area contributed by atoms with Gasteiger partial charge in [-0.3, -0.25) is 4.79 Å². The number of nitriles is 1. The van der Waals surface area contributed by atoms with Gasteiger partial charge in [-0.2, -0.15) is 5.26 Å². The summed E-state index contributed by atoms with van der Waals surface area (Å²) >= 11 is 6.15. The van der Waals surface area contributed by atoms with Crippen molar-refractivity contribution in [3.05, 3.63) is 77.3 Å². The number of nitrogens with one attached hydrogen (secondary N) is 1. The van der Waals surface area contributed by atoms with Crippen LogP contribution in [0.5, 0.6) is 5.75 Å². The van der Waals surface area contributed by atoms with Crippen molar-refractivity contribution in [3.63, 3.8) is 0 Å². The van der Waals surface area contributed by atoms with Crippen molar-refractivity contribution < 1.29 is 14.6 Å². The lowest BCUT2D eigenvalue weighted by Gasteiger charge is -2.15. The lowest BCUT2D eigenvalue weighted by atomic mass is 9.98. The Bertz CT molecular complexity index is 1380. The summed E-state index contributed by atoms with van der Waals surface area (Å²) in [6.07, 6.45) is 0. The summed E-state index contributed by atoms with van der Waals surface area (Å²) in [4.78, 5) is 15.9. The molecule has 0 saturated carbocycles. The zero-order chi connectivity index (χ0) is 23.4. The zero-order valence-corrected chi connectivity index (χ0v) is 18.6. The second-order valence-corrected chi connectivity index (χ2v) is 7.67. The molecule has 0 radical (unpaired) electrons. The normalized spacial score (nSPS) is 10.6. The van der Waals surface area contributed by atoms with Crippen LogP contribution in [-0.4, -0.2) is 29.2 Å². The monoisotopic (exact) mass is 457 g/mol. The SMILES string of the molecule is CCOc1ccccc1-c1ccc(-c2nc3ccc(Cl)cc3c(NCC(=O)O)c2C#N)cc1. The fraction of sp³-hybridized carbons (Fsp3) is 0.115. The van der Waals surface area contributed by atoms with Crippen molar-refractivity contribution in [3.8, 4) is 34.2 Å². The summed E-state index contributed by atoms with van der Waals surface area (Å²) in [5.41, 5.74) is 4.40. The molecule has 0 atom stereocenters. The molecular weight excluding hydrogens is 438 g/mol. The molecule has 4 rings (SSSR count). The lowest BCUT2D eigenvalue weighted by molar-refractivity contribution is -0.134. The highest BCUT2D eigenvalue weighted by Crippen LogP contribution is 2.36. The number of fused-ring (bicyclic) bond motifs is 1. The molecule has 0 fully saturated rings. The number of carboxylic acid groups (broad SMARTS) is 1. The zero-order valence-electron chi connectivity index (χ0n) is 17.8. The summed E-state index contributed by atoms with van der Waals surface area (Å²) in [6, 6.07) is 22.8. The van der Waals surface area contributed by atoms with Gasteiger partial charge in [0.15, 0.2) is 0 Å². The van der Waals surface area contributed by atoms with Crippen LogP contribution in [0.15, 0.2) is 66.7 Å². The minimum Gasteiger partial charge on any atom is -0.493 e. The van der Waals surface area contributed by atoms with E-state index in [0.29, 0.717) is 33.9 Å². The largest absolute Gasteiger partial charge is 0.493 e. The molecule has 6 nitrogen and oxygen atoms in total. The van der Waals surface area contributed by atoms with E-state index in [4.69, 9.17) is 26.4 Å². The number of carboxylic acids is 1. The molecule has 1 heterocycles. The van der Waals surface area contributed by atoms with Gasteiger partial charge in [0.2, 0.25) is 0 Å². The maximum Gasteiger partial charge on any atom is 0.322 e. The molecular formula is C26H20ClN3O3. The van der Waals surface area contributed by atoms with Gasteiger partial charge in [0.25, 0.3) is 0 Å². The summed E-state index contributed by atoms with van der Waals surface area (Å²) in [5, 5.41) is 23.0. The number of rotatable bonds is 7. The van der Waals surface area contributed by atoms with E-state index in [9.17, 15) is 10.1 Å². The Balaban J connectivity index is 1.84. The Morgan fingerprint density at radius 3 is 2.55 bits per heavy atom. The number of hydrogen-bond donors (Lipinski definition) is 2. The van der Waals surface area contributed by atoms with Crippen LogP contribution in [0.4, 0.5) is 5.69 Å². The average Bonchev–Trinajstić information content (AvgIpc) is 2.82. The molecule has 0 spiro atoms. The van der Waals surface area contributed by atoms with Crippen LogP contribution in [0.3, 0.4) is 0 Å². The molecule has 33 heavy (non-hydrogen) atoms. The number of para-hydroxylation sites is 1. The third kappa shape index (κ3) is 4.59. The topological polar surface area (TPSA) is 95.2 Å². The highest BCUT2D eigenvalue weighted by molar-refractivity contribution is 6.31. The third-order valence-electron chi connectivity index (χ3n) is 5.13. The number of benzene rings is 3. The third-order valence-corrected chi connectivity index (χ3v) is 5.37. The Hall–Kier alpha value is -4.08. The van der Waals surface area contributed by atoms with Crippen molar-refractivity contribution in [2.45, 2.75) is 6.92 Å². The highest BCUT2D eigenvalue weighted by Gasteiger charge is 2.18. The number of pyridine rings is 1. The Labute approximate surface area is 196 Å². The summed E-state index contributed by atoms with van der Waals surface area (Å²) in [5.74, 6) is -0.240. The van der Waals surface area contributed by atoms with Gasteiger partial charge in [0.1, 0.15) is 23.9 Å². The second kappa shape index (κ2) is 9.60. The van der Waals surface area contributed by atoms with E-state index in [1.165, 1.54) is 0 Å². The standard InChI is InChI=1S/C26H20ClN3O3/c1-2-33-23-6-4-3-5-19(23)16-7-9-17(10-8-16)25-21(14-28)26(29-15-24(31)32)20-13-18(27)11-12-22(20)30-25/h3-13H,2,15H2,1H3,(H,29,30)(H,31,32). The number of carbonyl (C=O) groups is 1. The van der Waals surface area contributed by atoms with Gasteiger partial charge in [0, 0.05) is 21.5 Å². The first-order valence-electron chi connectivity index (χ1n) is 10.3. The number of halogens is 1. The molecule has 0 aliphatic rings. The summed E-state index contributed by atoms with van der Waals surface area (Å²) in [7, 11) is 0. The predicted octanol–water partition coefficient (Wildman–Crippen LogP) is 5.99. The first-order chi connectivity index (χ1) is 16.0. The fourth-order valence-corrected chi connectivity index (χ4v) is 3.87. The quantitative estimate of drug-likeness (QED) is 0.354. The maximum absolute atomic E-state index is 11.2. The van der Waals surface area contributed by atoms with E-state index in [0.717, 1.165) is 22.4 Å². The molecule has 164 valence electrons. The Kier molecular flexibility index (Phi) is 6.43. The van der Waals surface area contributed by atoms with Gasteiger partial charge in [0.05, 0.1) is 23.5 Å². The minimum absolute atomic E-state index is 0.258. The second-order valence-electron chi connectivity index (χ2n) is 7.24. The number of aromatic nitrogens is 1. The van der Waals surface area contributed by atoms with E-state index in [2.05, 4.69) is 11.4 Å². The molecule has 3 aromatic carbocycles. The molecule has 2 N–H and O–H groups in total. The first kappa shape index (κ1) is 22.1. The Morgan fingerprint density at radius 2 is 1.85 bits per heavy atom. The van der Waals surface area contributed by atoms with Gasteiger partial charge >= 0.3 is 5.97 Å². The van der Waals surface area contributed by atoms with Crippen LogP contribution < -0.4 is 10.1 Å². The lowest BCUT2D eigenvalue weighted by Crippen LogP contribution is -2.14. The van der Waals surface area contributed by atoms with E-state index in [1.807, 2.05) is 55.5 Å². The van der Waals surface area contributed by atoms with Gasteiger partial charge in [-0.1, -0.05) is 54.1 Å². The molecule has 0 bridgehead atoms. The van der Waals surface area contributed by atoms with E-state index >= 15 is 0 Å². The number of nitrogens with zero attached hydrogens (tertiary/aromatic N) is 2. The molecule has 0 unspecified atom stereocenters. The Morgan fingerprint density at radius 1 is 1.12 bits per heavy atom. The van der Waals surface area contributed by atoms with Gasteiger partial charge in [-0.05, 0) is 36.8 Å². The van der Waals surface area contributed by atoms with Gasteiger partial charge in [-0.25, -0.2) is 4.98 Å². The molecule has 0 aliphatic heterocycles. The fourth-order valence-electron chi connectivity index (χ4n) is 3.69. The number of aliphatic carboxylic acids is 1. The molecule has 0 saturated heterocycles. The van der Waals surface area contributed by atoms with Crippen LogP contribution in [0.1, 0.15) is 12.5 Å². The van der Waals surface area contributed by atoms with Crippen LogP contribution in [0, 0.1) is 11.3 Å². The molecule has 0 aliphatic carbocycles. The van der Waals surface area contributed by atoms with E-state index in [-0.39, 0.29) is 12.1 Å². The van der Waals surface area contributed by atoms with Gasteiger partial charge in [-0.15, -0.1) is 0 Å². The van der Waals surface area contributed by atoms with Crippen molar-refractivity contribution in [2.75, 3.05) is 18.5 Å². The highest BCUT2D eigenvalue weighted by atomic mass is 35.5. The van der Waals surface area contributed by atoms with Crippen molar-refractivity contribution in [1.82, 2.24) is 4.98 Å². The average molecular weight is 458 g/mol. The number of anilines is 1. The summed E-state index contributed by atoms with van der Waals surface area (Å²) < 4.78 is 5.74. The predicted molar refractivity (Wildman–Crippen MR) is 130 cm³/mol. The van der Waals surface area contributed by atoms with Crippen molar-refractivity contribution in [1.29, 1.82) is 5.26 Å².